The van der Waals surface area contributed by atoms with Gasteiger partial charge in [-0.2, -0.15) is 0 Å². The average Bonchev–Trinajstić information content (AvgIpc) is 2.66. The molecule has 0 aliphatic heterocycles. The summed E-state index contributed by atoms with van der Waals surface area (Å²) in [6, 6.07) is 8.04. The maximum Gasteiger partial charge on any atom is 0.194 e. The van der Waals surface area contributed by atoms with E-state index in [9.17, 15) is 0 Å². The SMILES string of the molecule is CCCCOCCOCCN=C(NCC)N(C)Cc1ccccc1OC.I. The third-order valence-electron chi connectivity index (χ3n) is 3.81. The fourth-order valence-electron chi connectivity index (χ4n) is 2.42. The lowest BCUT2D eigenvalue weighted by Gasteiger charge is -2.23. The average molecular weight is 493 g/mol. The predicted molar refractivity (Wildman–Crippen MR) is 122 cm³/mol. The van der Waals surface area contributed by atoms with E-state index in [1.54, 1.807) is 7.11 Å². The molecule has 1 N–H and O–H groups in total. The summed E-state index contributed by atoms with van der Waals surface area (Å²) in [5, 5.41) is 3.32. The van der Waals surface area contributed by atoms with Crippen molar-refractivity contribution in [2.45, 2.75) is 33.2 Å². The number of unbranched alkanes of at least 4 members (excludes halogenated alkanes) is 1. The minimum atomic E-state index is 0. The summed E-state index contributed by atoms with van der Waals surface area (Å²) in [5.74, 6) is 1.75. The Balaban J connectivity index is 0.00000676. The molecule has 0 bridgehead atoms. The topological polar surface area (TPSA) is 55.3 Å². The Labute approximate surface area is 181 Å². The van der Waals surface area contributed by atoms with Crippen LogP contribution in [0.15, 0.2) is 29.3 Å². The lowest BCUT2D eigenvalue weighted by Crippen LogP contribution is -2.38. The molecule has 0 saturated heterocycles. The van der Waals surface area contributed by atoms with Gasteiger partial charge in [-0.1, -0.05) is 31.5 Å². The second-order valence-electron chi connectivity index (χ2n) is 5.98. The summed E-state index contributed by atoms with van der Waals surface area (Å²) in [6.45, 7) is 9.06. The molecule has 6 nitrogen and oxygen atoms in total. The Morgan fingerprint density at radius 2 is 1.78 bits per heavy atom. The van der Waals surface area contributed by atoms with Crippen LogP contribution < -0.4 is 10.1 Å². The van der Waals surface area contributed by atoms with Gasteiger partial charge in [-0.3, -0.25) is 4.99 Å². The highest BCUT2D eigenvalue weighted by molar-refractivity contribution is 14.0. The second-order valence-corrected chi connectivity index (χ2v) is 5.98. The van der Waals surface area contributed by atoms with Crippen molar-refractivity contribution in [2.75, 3.05) is 53.7 Å². The van der Waals surface area contributed by atoms with Gasteiger partial charge in [0.2, 0.25) is 0 Å². The van der Waals surface area contributed by atoms with E-state index >= 15 is 0 Å². The van der Waals surface area contributed by atoms with Crippen LogP contribution in [-0.4, -0.2) is 64.5 Å². The fraction of sp³-hybridized carbons (Fsp3) is 0.650. The summed E-state index contributed by atoms with van der Waals surface area (Å²) in [7, 11) is 3.72. The van der Waals surface area contributed by atoms with Gasteiger partial charge in [0.05, 0.1) is 33.5 Å². The number of hydrogen-bond acceptors (Lipinski definition) is 4. The van der Waals surface area contributed by atoms with Crippen LogP contribution in [0.5, 0.6) is 5.75 Å². The molecule has 0 saturated carbocycles. The van der Waals surface area contributed by atoms with Gasteiger partial charge in [0, 0.05) is 32.3 Å². The molecule has 0 aliphatic carbocycles. The lowest BCUT2D eigenvalue weighted by atomic mass is 10.2. The van der Waals surface area contributed by atoms with E-state index in [1.165, 1.54) is 0 Å². The summed E-state index contributed by atoms with van der Waals surface area (Å²) < 4.78 is 16.5. The van der Waals surface area contributed by atoms with Crippen LogP contribution in [0.3, 0.4) is 0 Å². The van der Waals surface area contributed by atoms with Gasteiger partial charge in [-0.05, 0) is 19.4 Å². The van der Waals surface area contributed by atoms with E-state index in [0.717, 1.165) is 49.8 Å². The van der Waals surface area contributed by atoms with Crippen molar-refractivity contribution < 1.29 is 14.2 Å². The minimum absolute atomic E-state index is 0. The molecule has 1 aromatic carbocycles. The number of nitrogens with one attached hydrogen (secondary N) is 1. The number of aliphatic imine (C=N–C) groups is 1. The zero-order valence-corrected chi connectivity index (χ0v) is 19.5. The van der Waals surface area contributed by atoms with E-state index in [1.807, 2.05) is 25.2 Å². The van der Waals surface area contributed by atoms with E-state index in [2.05, 4.69) is 35.1 Å². The number of hydrogen-bond donors (Lipinski definition) is 1. The summed E-state index contributed by atoms with van der Waals surface area (Å²) >= 11 is 0. The number of para-hydroxylation sites is 1. The van der Waals surface area contributed by atoms with Gasteiger partial charge >= 0.3 is 0 Å². The maximum atomic E-state index is 5.58. The van der Waals surface area contributed by atoms with Crippen molar-refractivity contribution in [3.63, 3.8) is 0 Å². The Morgan fingerprint density at radius 3 is 2.44 bits per heavy atom. The molecule has 0 aliphatic rings. The van der Waals surface area contributed by atoms with Gasteiger partial charge in [0.15, 0.2) is 5.96 Å². The Kier molecular flexibility index (Phi) is 16.4. The fourth-order valence-corrected chi connectivity index (χ4v) is 2.42. The van der Waals surface area contributed by atoms with Crippen molar-refractivity contribution in [1.29, 1.82) is 0 Å². The summed E-state index contributed by atoms with van der Waals surface area (Å²) in [4.78, 5) is 6.73. The largest absolute Gasteiger partial charge is 0.496 e. The third-order valence-corrected chi connectivity index (χ3v) is 3.81. The van der Waals surface area contributed by atoms with Crippen molar-refractivity contribution >= 4 is 29.9 Å². The number of benzene rings is 1. The van der Waals surface area contributed by atoms with Gasteiger partial charge in [-0.15, -0.1) is 24.0 Å². The summed E-state index contributed by atoms with van der Waals surface area (Å²) in [5.41, 5.74) is 1.13. The van der Waals surface area contributed by atoms with Gasteiger partial charge < -0.3 is 24.4 Å². The van der Waals surface area contributed by atoms with E-state index in [4.69, 9.17) is 14.2 Å². The summed E-state index contributed by atoms with van der Waals surface area (Å²) in [6.07, 6.45) is 2.26. The van der Waals surface area contributed by atoms with Crippen LogP contribution >= 0.6 is 24.0 Å². The van der Waals surface area contributed by atoms with Gasteiger partial charge in [0.1, 0.15) is 5.75 Å². The molecule has 0 aromatic heterocycles. The first kappa shape index (κ1) is 25.9. The van der Waals surface area contributed by atoms with Crippen molar-refractivity contribution in [1.82, 2.24) is 10.2 Å². The van der Waals surface area contributed by atoms with Crippen LogP contribution in [-0.2, 0) is 16.0 Å². The standard InChI is InChI=1S/C20H35N3O3.HI/c1-5-7-13-25-15-16-26-14-12-22-20(21-6-2)23(3)17-18-10-8-9-11-19(18)24-4;/h8-11H,5-7,12-17H2,1-4H3,(H,21,22);1H. The molecule has 1 rings (SSSR count). The number of nitrogens with zero attached hydrogens (tertiary/aromatic N) is 2. The highest BCUT2D eigenvalue weighted by atomic mass is 127. The molecule has 0 amide bonds. The van der Waals surface area contributed by atoms with Gasteiger partial charge in [0.25, 0.3) is 0 Å². The normalized spacial score (nSPS) is 11.0. The molecule has 0 atom stereocenters. The smallest absolute Gasteiger partial charge is 0.194 e. The molecule has 1 aromatic rings. The first-order valence-corrected chi connectivity index (χ1v) is 9.49. The molecular formula is C20H36IN3O3. The van der Waals surface area contributed by atoms with Gasteiger partial charge in [-0.25, -0.2) is 0 Å². The third kappa shape index (κ3) is 11.4. The van der Waals surface area contributed by atoms with Crippen LogP contribution in [0, 0.1) is 0 Å². The first-order chi connectivity index (χ1) is 12.7. The number of halogens is 1. The molecular weight excluding hydrogens is 457 g/mol. The maximum absolute atomic E-state index is 5.58. The Morgan fingerprint density at radius 1 is 1.07 bits per heavy atom. The number of rotatable bonds is 13. The molecule has 27 heavy (non-hydrogen) atoms. The van der Waals surface area contributed by atoms with Crippen LogP contribution in [0.1, 0.15) is 32.3 Å². The number of methoxy groups -OCH3 is 1. The predicted octanol–water partition coefficient (Wildman–Crippen LogP) is 3.54. The Hall–Kier alpha value is -1.06. The highest BCUT2D eigenvalue weighted by Gasteiger charge is 2.09. The zero-order valence-electron chi connectivity index (χ0n) is 17.2. The quantitative estimate of drug-likeness (QED) is 0.197. The molecule has 156 valence electrons. The second kappa shape index (κ2) is 17.1. The molecule has 0 unspecified atom stereocenters. The molecule has 0 spiro atoms. The first-order valence-electron chi connectivity index (χ1n) is 9.49. The molecule has 7 heteroatoms. The van der Waals surface area contributed by atoms with Crippen LogP contribution in [0.25, 0.3) is 0 Å². The Bertz CT molecular complexity index is 515. The van der Waals surface area contributed by atoms with E-state index < -0.39 is 0 Å². The molecule has 0 fully saturated rings. The van der Waals surface area contributed by atoms with E-state index in [-0.39, 0.29) is 24.0 Å². The zero-order chi connectivity index (χ0) is 19.0. The lowest BCUT2D eigenvalue weighted by molar-refractivity contribution is 0.0497. The molecule has 0 heterocycles. The van der Waals surface area contributed by atoms with Crippen molar-refractivity contribution in [3.05, 3.63) is 29.8 Å². The van der Waals surface area contributed by atoms with Crippen LogP contribution in [0.4, 0.5) is 0 Å². The van der Waals surface area contributed by atoms with Crippen molar-refractivity contribution in [2.24, 2.45) is 4.99 Å². The number of ether oxygens (including phenoxy) is 3. The van der Waals surface area contributed by atoms with E-state index in [0.29, 0.717) is 26.4 Å². The number of guanidine groups is 1. The van der Waals surface area contributed by atoms with Crippen LogP contribution in [0.2, 0.25) is 0 Å². The van der Waals surface area contributed by atoms with Crippen molar-refractivity contribution in [3.8, 4) is 5.75 Å². The monoisotopic (exact) mass is 493 g/mol. The molecule has 0 radical (unpaired) electrons. The minimum Gasteiger partial charge on any atom is -0.496 e. The highest BCUT2D eigenvalue weighted by Crippen LogP contribution is 2.18.